The maximum atomic E-state index is 11.0. The molecular weight excluding hydrogens is 182 g/mol. The zero-order valence-corrected chi connectivity index (χ0v) is 8.83. The van der Waals surface area contributed by atoms with Gasteiger partial charge >= 0.3 is 5.97 Å². The van der Waals surface area contributed by atoms with Gasteiger partial charge in [0.2, 0.25) is 0 Å². The second-order valence-corrected chi connectivity index (χ2v) is 4.29. The van der Waals surface area contributed by atoms with Crippen LogP contribution >= 0.6 is 0 Å². The monoisotopic (exact) mass is 197 g/mol. The van der Waals surface area contributed by atoms with Crippen LogP contribution in [0, 0.1) is 0 Å². The third-order valence-electron chi connectivity index (χ3n) is 2.02. The molecule has 0 saturated heterocycles. The maximum absolute atomic E-state index is 11.0. The summed E-state index contributed by atoms with van der Waals surface area (Å²) in [4.78, 5) is 11.0. The Morgan fingerprint density at radius 2 is 2.00 bits per heavy atom. The van der Waals surface area contributed by atoms with Gasteiger partial charge in [0.25, 0.3) is 0 Å². The lowest BCUT2D eigenvalue weighted by Gasteiger charge is -2.15. The molecule has 1 aromatic heterocycles. The van der Waals surface area contributed by atoms with Crippen LogP contribution in [0.25, 0.3) is 0 Å². The van der Waals surface area contributed by atoms with Crippen molar-refractivity contribution in [3.8, 4) is 0 Å². The molecule has 0 aromatic carbocycles. The Hall–Kier alpha value is -1.52. The fraction of sp³-hybridized carbons (Fsp3) is 0.556. The van der Waals surface area contributed by atoms with E-state index in [0.29, 0.717) is 5.69 Å². The molecule has 1 heterocycles. The van der Waals surface area contributed by atoms with Crippen molar-refractivity contribution in [2.45, 2.75) is 26.2 Å². The van der Waals surface area contributed by atoms with Crippen LogP contribution in [-0.4, -0.2) is 20.9 Å². The first-order valence-electron chi connectivity index (χ1n) is 4.31. The molecule has 14 heavy (non-hydrogen) atoms. The van der Waals surface area contributed by atoms with Crippen LogP contribution in [0.2, 0.25) is 0 Å². The molecule has 0 bridgehead atoms. The second-order valence-electron chi connectivity index (χ2n) is 4.29. The fourth-order valence-corrected chi connectivity index (χ4v) is 1.27. The minimum absolute atomic E-state index is 0.111. The van der Waals surface area contributed by atoms with Crippen molar-refractivity contribution in [2.24, 2.45) is 7.05 Å². The van der Waals surface area contributed by atoms with E-state index in [0.717, 1.165) is 0 Å². The van der Waals surface area contributed by atoms with E-state index in [1.807, 2.05) is 20.8 Å². The normalized spacial score (nSPS) is 11.7. The number of hydrogen-bond acceptors (Lipinski definition) is 3. The molecule has 0 fully saturated rings. The Balaban J connectivity index is 3.45. The number of carboxylic acid groups (broad SMARTS) is 1. The van der Waals surface area contributed by atoms with Gasteiger partial charge in [-0.15, -0.1) is 0 Å². The van der Waals surface area contributed by atoms with Crippen LogP contribution in [-0.2, 0) is 12.5 Å². The molecule has 1 aromatic rings. The summed E-state index contributed by atoms with van der Waals surface area (Å²) in [6.07, 6.45) is 0. The zero-order valence-electron chi connectivity index (χ0n) is 8.83. The van der Waals surface area contributed by atoms with E-state index < -0.39 is 5.97 Å². The molecule has 0 aliphatic rings. The predicted molar refractivity (Wildman–Crippen MR) is 53.3 cm³/mol. The van der Waals surface area contributed by atoms with Crippen LogP contribution in [0.5, 0.6) is 0 Å². The van der Waals surface area contributed by atoms with Gasteiger partial charge in [0.1, 0.15) is 11.4 Å². The van der Waals surface area contributed by atoms with Gasteiger partial charge in [-0.1, -0.05) is 20.8 Å². The molecule has 5 heteroatoms. The summed E-state index contributed by atoms with van der Waals surface area (Å²) < 4.78 is 1.39. The highest BCUT2D eigenvalue weighted by molar-refractivity contribution is 5.94. The number of nitrogen functional groups attached to an aromatic ring is 1. The SMILES string of the molecule is Cn1nc(C(C)(C)C)c(C(=O)O)c1N. The summed E-state index contributed by atoms with van der Waals surface area (Å²) in [7, 11) is 1.64. The van der Waals surface area contributed by atoms with Crippen molar-refractivity contribution in [3.63, 3.8) is 0 Å². The number of nitrogens with two attached hydrogens (primary N) is 1. The maximum Gasteiger partial charge on any atom is 0.341 e. The predicted octanol–water partition coefficient (Wildman–Crippen LogP) is 0.998. The molecule has 0 amide bonds. The molecular formula is C9H15N3O2. The first-order valence-corrected chi connectivity index (χ1v) is 4.31. The topological polar surface area (TPSA) is 81.1 Å². The molecule has 0 aliphatic carbocycles. The van der Waals surface area contributed by atoms with Crippen molar-refractivity contribution in [3.05, 3.63) is 11.3 Å². The molecule has 78 valence electrons. The van der Waals surface area contributed by atoms with Gasteiger partial charge in [0.15, 0.2) is 0 Å². The second kappa shape index (κ2) is 3.01. The lowest BCUT2D eigenvalue weighted by molar-refractivity contribution is 0.0695. The molecule has 0 aliphatic heterocycles. The third-order valence-corrected chi connectivity index (χ3v) is 2.02. The first-order chi connectivity index (χ1) is 6.25. The largest absolute Gasteiger partial charge is 0.477 e. The number of aromatic nitrogens is 2. The van der Waals surface area contributed by atoms with Crippen LogP contribution in [0.1, 0.15) is 36.8 Å². The highest BCUT2D eigenvalue weighted by Gasteiger charge is 2.28. The van der Waals surface area contributed by atoms with E-state index in [-0.39, 0.29) is 16.8 Å². The Labute approximate surface area is 82.5 Å². The van der Waals surface area contributed by atoms with Crippen molar-refractivity contribution in [1.82, 2.24) is 9.78 Å². The van der Waals surface area contributed by atoms with E-state index >= 15 is 0 Å². The minimum atomic E-state index is -1.03. The number of anilines is 1. The fourth-order valence-electron chi connectivity index (χ4n) is 1.27. The molecule has 5 nitrogen and oxygen atoms in total. The Morgan fingerprint density at radius 3 is 2.29 bits per heavy atom. The van der Waals surface area contributed by atoms with Gasteiger partial charge < -0.3 is 10.8 Å². The summed E-state index contributed by atoms with van der Waals surface area (Å²) in [6.45, 7) is 5.71. The quantitative estimate of drug-likeness (QED) is 0.703. The molecule has 3 N–H and O–H groups in total. The molecule has 0 radical (unpaired) electrons. The Kier molecular flexibility index (Phi) is 2.27. The first kappa shape index (κ1) is 10.6. The van der Waals surface area contributed by atoms with Gasteiger partial charge in [-0.3, -0.25) is 4.68 Å². The molecule has 0 atom stereocenters. The molecule has 0 unspecified atom stereocenters. The number of rotatable bonds is 1. The zero-order chi connectivity index (χ0) is 11.1. The summed E-state index contributed by atoms with van der Waals surface area (Å²) in [5, 5.41) is 13.1. The van der Waals surface area contributed by atoms with Crippen LogP contribution in [0.3, 0.4) is 0 Å². The third kappa shape index (κ3) is 1.57. The number of nitrogens with zero attached hydrogens (tertiary/aromatic N) is 2. The average molecular weight is 197 g/mol. The van der Waals surface area contributed by atoms with Crippen LogP contribution in [0.15, 0.2) is 0 Å². The van der Waals surface area contributed by atoms with E-state index in [1.54, 1.807) is 7.05 Å². The lowest BCUT2D eigenvalue weighted by Crippen LogP contribution is -2.17. The van der Waals surface area contributed by atoms with Gasteiger partial charge in [-0.2, -0.15) is 5.10 Å². The van der Waals surface area contributed by atoms with E-state index in [4.69, 9.17) is 10.8 Å². The van der Waals surface area contributed by atoms with Crippen molar-refractivity contribution in [2.75, 3.05) is 5.73 Å². The van der Waals surface area contributed by atoms with E-state index in [2.05, 4.69) is 5.10 Å². The highest BCUT2D eigenvalue weighted by atomic mass is 16.4. The summed E-state index contributed by atoms with van der Waals surface area (Å²) >= 11 is 0. The number of aryl methyl sites for hydroxylation is 1. The van der Waals surface area contributed by atoms with E-state index in [1.165, 1.54) is 4.68 Å². The number of hydrogen-bond donors (Lipinski definition) is 2. The van der Waals surface area contributed by atoms with Crippen molar-refractivity contribution < 1.29 is 9.90 Å². The minimum Gasteiger partial charge on any atom is -0.477 e. The standard InChI is InChI=1S/C9H15N3O2/c1-9(2,3)6-5(8(13)14)7(10)12(4)11-6/h10H2,1-4H3,(H,13,14). The molecule has 0 spiro atoms. The Bertz CT molecular complexity index is 374. The van der Waals surface area contributed by atoms with Crippen molar-refractivity contribution in [1.29, 1.82) is 0 Å². The van der Waals surface area contributed by atoms with Gasteiger partial charge in [-0.25, -0.2) is 4.79 Å². The smallest absolute Gasteiger partial charge is 0.341 e. The molecule has 0 saturated carbocycles. The summed E-state index contributed by atoms with van der Waals surface area (Å²) in [5.41, 5.74) is 5.93. The highest BCUT2D eigenvalue weighted by Crippen LogP contribution is 2.27. The number of carboxylic acids is 1. The van der Waals surface area contributed by atoms with Crippen molar-refractivity contribution >= 4 is 11.8 Å². The Morgan fingerprint density at radius 1 is 1.50 bits per heavy atom. The van der Waals surface area contributed by atoms with Gasteiger partial charge in [-0.05, 0) is 0 Å². The number of aromatic carboxylic acids is 1. The molecule has 1 rings (SSSR count). The summed E-state index contributed by atoms with van der Waals surface area (Å²) in [5.74, 6) is -0.831. The summed E-state index contributed by atoms with van der Waals surface area (Å²) in [6, 6.07) is 0. The lowest BCUT2D eigenvalue weighted by atomic mass is 9.89. The van der Waals surface area contributed by atoms with Gasteiger partial charge in [0.05, 0.1) is 5.69 Å². The average Bonchev–Trinajstić information content (AvgIpc) is 2.27. The van der Waals surface area contributed by atoms with Crippen LogP contribution < -0.4 is 5.73 Å². The van der Waals surface area contributed by atoms with E-state index in [9.17, 15) is 4.79 Å². The van der Waals surface area contributed by atoms with Gasteiger partial charge in [0, 0.05) is 12.5 Å². The number of carbonyl (C=O) groups is 1. The van der Waals surface area contributed by atoms with Crippen LogP contribution in [0.4, 0.5) is 5.82 Å².